The van der Waals surface area contributed by atoms with Crippen LogP contribution in [-0.4, -0.2) is 19.6 Å². The summed E-state index contributed by atoms with van der Waals surface area (Å²) in [6.07, 6.45) is 0. The van der Waals surface area contributed by atoms with Crippen molar-refractivity contribution in [2.45, 2.75) is 18.9 Å². The molecule has 3 atom stereocenters. The lowest BCUT2D eigenvalue weighted by Gasteiger charge is -2.23. The first-order chi connectivity index (χ1) is 15.3. The molecule has 4 aromatic rings. The van der Waals surface area contributed by atoms with Crippen LogP contribution in [0.15, 0.2) is 103 Å². The van der Waals surface area contributed by atoms with Crippen LogP contribution in [0.4, 0.5) is 5.69 Å². The Bertz CT molecular complexity index is 1120. The van der Waals surface area contributed by atoms with E-state index in [2.05, 4.69) is 120 Å². The standard InChI is InChI=1S/C29H30N2/c1-22(27-18-10-14-23-13-8-9-17-28(23)27)30-19-25-20-31(26-15-6-3-7-16-26)21-29(25)24-11-4-2-5-12-24/h2-18,22,25,29-30H,19-21H2,1H3/t22-,25?,29?/m1/s1. The molecule has 5 rings (SSSR count). The zero-order valence-electron chi connectivity index (χ0n) is 18.1. The predicted octanol–water partition coefficient (Wildman–Crippen LogP) is 6.41. The number of rotatable bonds is 6. The van der Waals surface area contributed by atoms with Gasteiger partial charge in [0.1, 0.15) is 0 Å². The highest BCUT2D eigenvalue weighted by Crippen LogP contribution is 2.35. The molecule has 0 radical (unpaired) electrons. The Hall–Kier alpha value is -3.10. The molecule has 31 heavy (non-hydrogen) atoms. The molecule has 2 nitrogen and oxygen atoms in total. The van der Waals surface area contributed by atoms with Crippen LogP contribution in [0, 0.1) is 5.92 Å². The SMILES string of the molecule is C[C@@H](NCC1CN(c2ccccc2)CC1c1ccccc1)c1cccc2ccccc12. The van der Waals surface area contributed by atoms with Gasteiger partial charge in [-0.1, -0.05) is 91.0 Å². The fraction of sp³-hybridized carbons (Fsp3) is 0.241. The monoisotopic (exact) mass is 406 g/mol. The summed E-state index contributed by atoms with van der Waals surface area (Å²) >= 11 is 0. The molecule has 0 saturated carbocycles. The van der Waals surface area contributed by atoms with Crippen molar-refractivity contribution >= 4 is 16.5 Å². The number of hydrogen-bond acceptors (Lipinski definition) is 2. The van der Waals surface area contributed by atoms with Gasteiger partial charge in [-0.15, -0.1) is 0 Å². The first kappa shape index (κ1) is 19.8. The number of anilines is 1. The molecule has 1 heterocycles. The number of para-hydroxylation sites is 1. The van der Waals surface area contributed by atoms with Gasteiger partial charge in [0, 0.05) is 37.3 Å². The van der Waals surface area contributed by atoms with Crippen molar-refractivity contribution in [1.29, 1.82) is 0 Å². The smallest absolute Gasteiger partial charge is 0.0366 e. The van der Waals surface area contributed by atoms with Gasteiger partial charge in [-0.2, -0.15) is 0 Å². The van der Waals surface area contributed by atoms with E-state index in [0.717, 1.165) is 19.6 Å². The van der Waals surface area contributed by atoms with E-state index in [0.29, 0.717) is 17.9 Å². The lowest BCUT2D eigenvalue weighted by molar-refractivity contribution is 0.441. The molecule has 0 spiro atoms. The summed E-state index contributed by atoms with van der Waals surface area (Å²) in [5.41, 5.74) is 4.16. The van der Waals surface area contributed by atoms with Gasteiger partial charge in [-0.05, 0) is 46.9 Å². The molecule has 0 bridgehead atoms. The topological polar surface area (TPSA) is 15.3 Å². The van der Waals surface area contributed by atoms with Crippen LogP contribution in [0.5, 0.6) is 0 Å². The number of fused-ring (bicyclic) bond motifs is 1. The Balaban J connectivity index is 1.35. The Morgan fingerprint density at radius 3 is 2.26 bits per heavy atom. The van der Waals surface area contributed by atoms with Crippen LogP contribution in [-0.2, 0) is 0 Å². The number of nitrogens with one attached hydrogen (secondary N) is 1. The summed E-state index contributed by atoms with van der Waals surface area (Å²) in [5, 5.41) is 6.54. The average molecular weight is 407 g/mol. The Morgan fingerprint density at radius 2 is 1.45 bits per heavy atom. The van der Waals surface area contributed by atoms with Gasteiger partial charge < -0.3 is 10.2 Å². The maximum atomic E-state index is 3.88. The van der Waals surface area contributed by atoms with Gasteiger partial charge in [0.15, 0.2) is 0 Å². The summed E-state index contributed by atoms with van der Waals surface area (Å²) in [4.78, 5) is 2.55. The fourth-order valence-corrected chi connectivity index (χ4v) is 5.07. The summed E-state index contributed by atoms with van der Waals surface area (Å²) in [5.74, 6) is 1.11. The van der Waals surface area contributed by atoms with Crippen molar-refractivity contribution in [2.75, 3.05) is 24.5 Å². The van der Waals surface area contributed by atoms with Crippen molar-refractivity contribution in [3.8, 4) is 0 Å². The number of nitrogens with zero attached hydrogens (tertiary/aromatic N) is 1. The minimum absolute atomic E-state index is 0.313. The molecule has 2 heteroatoms. The van der Waals surface area contributed by atoms with E-state index in [1.165, 1.54) is 27.6 Å². The summed E-state index contributed by atoms with van der Waals surface area (Å²) in [6.45, 7) is 5.46. The third-order valence-corrected chi connectivity index (χ3v) is 6.77. The molecule has 1 fully saturated rings. The maximum Gasteiger partial charge on any atom is 0.0366 e. The number of benzene rings is 4. The van der Waals surface area contributed by atoms with Crippen LogP contribution in [0.1, 0.15) is 30.0 Å². The van der Waals surface area contributed by atoms with Crippen LogP contribution in [0.25, 0.3) is 10.8 Å². The molecule has 0 aromatic heterocycles. The molecule has 1 N–H and O–H groups in total. The van der Waals surface area contributed by atoms with E-state index in [9.17, 15) is 0 Å². The minimum Gasteiger partial charge on any atom is -0.371 e. The van der Waals surface area contributed by atoms with Crippen LogP contribution < -0.4 is 10.2 Å². The van der Waals surface area contributed by atoms with Crippen molar-refractivity contribution in [3.63, 3.8) is 0 Å². The van der Waals surface area contributed by atoms with Gasteiger partial charge in [0.25, 0.3) is 0 Å². The number of hydrogen-bond donors (Lipinski definition) is 1. The molecule has 1 aliphatic rings. The van der Waals surface area contributed by atoms with E-state index in [-0.39, 0.29) is 0 Å². The summed E-state index contributed by atoms with van der Waals surface area (Å²) in [7, 11) is 0. The molecule has 4 aromatic carbocycles. The van der Waals surface area contributed by atoms with E-state index < -0.39 is 0 Å². The largest absolute Gasteiger partial charge is 0.371 e. The highest BCUT2D eigenvalue weighted by atomic mass is 15.2. The van der Waals surface area contributed by atoms with Gasteiger partial charge in [-0.25, -0.2) is 0 Å². The normalized spacial score (nSPS) is 19.6. The molecular weight excluding hydrogens is 376 g/mol. The summed E-state index contributed by atoms with van der Waals surface area (Å²) < 4.78 is 0. The van der Waals surface area contributed by atoms with Gasteiger partial charge in [0.05, 0.1) is 0 Å². The fourth-order valence-electron chi connectivity index (χ4n) is 5.07. The Morgan fingerprint density at radius 1 is 0.774 bits per heavy atom. The lowest BCUT2D eigenvalue weighted by atomic mass is 9.88. The second-order valence-electron chi connectivity index (χ2n) is 8.72. The molecular formula is C29H30N2. The van der Waals surface area contributed by atoms with Crippen molar-refractivity contribution in [3.05, 3.63) is 114 Å². The Labute approximate surface area is 185 Å². The van der Waals surface area contributed by atoms with E-state index >= 15 is 0 Å². The third kappa shape index (κ3) is 4.22. The highest BCUT2D eigenvalue weighted by Gasteiger charge is 2.34. The molecule has 0 aliphatic carbocycles. The third-order valence-electron chi connectivity index (χ3n) is 6.77. The van der Waals surface area contributed by atoms with E-state index in [1.54, 1.807) is 0 Å². The van der Waals surface area contributed by atoms with Crippen LogP contribution in [0.2, 0.25) is 0 Å². The minimum atomic E-state index is 0.313. The second-order valence-corrected chi connectivity index (χ2v) is 8.72. The van der Waals surface area contributed by atoms with E-state index in [1.807, 2.05) is 0 Å². The van der Waals surface area contributed by atoms with Crippen molar-refractivity contribution < 1.29 is 0 Å². The molecule has 2 unspecified atom stereocenters. The van der Waals surface area contributed by atoms with Crippen LogP contribution in [0.3, 0.4) is 0 Å². The zero-order valence-corrected chi connectivity index (χ0v) is 18.1. The van der Waals surface area contributed by atoms with Gasteiger partial charge in [-0.3, -0.25) is 0 Å². The lowest BCUT2D eigenvalue weighted by Crippen LogP contribution is -2.30. The summed E-state index contributed by atoms with van der Waals surface area (Å²) in [6, 6.07) is 37.5. The maximum absolute atomic E-state index is 3.88. The van der Waals surface area contributed by atoms with Crippen LogP contribution >= 0.6 is 0 Å². The van der Waals surface area contributed by atoms with Crippen molar-refractivity contribution in [1.82, 2.24) is 5.32 Å². The zero-order chi connectivity index (χ0) is 21.0. The first-order valence-electron chi connectivity index (χ1n) is 11.4. The highest BCUT2D eigenvalue weighted by molar-refractivity contribution is 5.86. The quantitative estimate of drug-likeness (QED) is 0.398. The average Bonchev–Trinajstić information content (AvgIpc) is 3.27. The van der Waals surface area contributed by atoms with E-state index in [4.69, 9.17) is 0 Å². The molecule has 1 saturated heterocycles. The van der Waals surface area contributed by atoms with Gasteiger partial charge in [0.2, 0.25) is 0 Å². The molecule has 156 valence electrons. The van der Waals surface area contributed by atoms with Crippen molar-refractivity contribution in [2.24, 2.45) is 5.92 Å². The second kappa shape index (κ2) is 8.95. The first-order valence-corrected chi connectivity index (χ1v) is 11.4. The molecule has 0 amide bonds. The van der Waals surface area contributed by atoms with Gasteiger partial charge >= 0.3 is 0 Å². The Kier molecular flexibility index (Phi) is 5.73. The molecule has 1 aliphatic heterocycles. The predicted molar refractivity (Wildman–Crippen MR) is 132 cm³/mol.